The number of rotatable bonds is 10. The number of nitrogens with zero attached hydrogens (tertiary/aromatic N) is 1. The molecule has 33 heavy (non-hydrogen) atoms. The summed E-state index contributed by atoms with van der Waals surface area (Å²) >= 11 is 0. The number of hydrogen-bond donors (Lipinski definition) is 1. The lowest BCUT2D eigenvalue weighted by Gasteiger charge is -2.32. The Morgan fingerprint density at radius 3 is 2.45 bits per heavy atom. The van der Waals surface area contributed by atoms with E-state index < -0.39 is 6.04 Å². The van der Waals surface area contributed by atoms with E-state index in [-0.39, 0.29) is 24.5 Å². The average molecular weight is 451 g/mol. The highest BCUT2D eigenvalue weighted by molar-refractivity contribution is 5.88. The molecule has 2 aromatic carbocycles. The van der Waals surface area contributed by atoms with Crippen molar-refractivity contribution in [3.63, 3.8) is 0 Å². The smallest absolute Gasteiger partial charge is 0.261 e. The minimum absolute atomic E-state index is 0.0441. The first kappa shape index (κ1) is 24.8. The van der Waals surface area contributed by atoms with Crippen molar-refractivity contribution in [2.45, 2.75) is 77.8 Å². The standard InChI is InChI=1S/C28H38N2O3/c1-4-25(28(32)29-24-13-9-6-10-14-24)30(18-17-23-11-7-5-8-12-23)27(31)20-33-26-16-15-21(2)19-22(26)3/h5,7-8,11-12,15-16,19,24-25H,4,6,9-10,13-14,17-18,20H2,1-3H3,(H,29,32)/t25-/m1/s1. The van der Waals surface area contributed by atoms with Crippen molar-refractivity contribution < 1.29 is 14.3 Å². The zero-order valence-corrected chi connectivity index (χ0v) is 20.3. The number of ether oxygens (including phenoxy) is 1. The average Bonchev–Trinajstić information content (AvgIpc) is 2.82. The highest BCUT2D eigenvalue weighted by Gasteiger charge is 2.30. The third-order valence-corrected chi connectivity index (χ3v) is 6.50. The van der Waals surface area contributed by atoms with Crippen molar-refractivity contribution in [1.29, 1.82) is 0 Å². The maximum absolute atomic E-state index is 13.3. The fraction of sp³-hybridized carbons (Fsp3) is 0.500. The Morgan fingerprint density at radius 2 is 1.79 bits per heavy atom. The van der Waals surface area contributed by atoms with Gasteiger partial charge in [-0.15, -0.1) is 0 Å². The predicted octanol–water partition coefficient (Wildman–Crippen LogP) is 4.98. The Hall–Kier alpha value is -2.82. The van der Waals surface area contributed by atoms with Gasteiger partial charge in [-0.2, -0.15) is 0 Å². The van der Waals surface area contributed by atoms with Crippen molar-refractivity contribution in [3.8, 4) is 5.75 Å². The lowest BCUT2D eigenvalue weighted by atomic mass is 9.95. The van der Waals surface area contributed by atoms with Crippen LogP contribution in [0.1, 0.15) is 62.1 Å². The summed E-state index contributed by atoms with van der Waals surface area (Å²) in [5.41, 5.74) is 3.30. The monoisotopic (exact) mass is 450 g/mol. The summed E-state index contributed by atoms with van der Waals surface area (Å²) in [6, 6.07) is 15.7. The molecule has 2 aromatic rings. The van der Waals surface area contributed by atoms with Gasteiger partial charge >= 0.3 is 0 Å². The fourth-order valence-electron chi connectivity index (χ4n) is 4.62. The molecule has 0 heterocycles. The van der Waals surface area contributed by atoms with Crippen LogP contribution < -0.4 is 10.1 Å². The van der Waals surface area contributed by atoms with Gasteiger partial charge in [-0.05, 0) is 56.7 Å². The van der Waals surface area contributed by atoms with Gasteiger partial charge in [-0.1, -0.05) is 74.2 Å². The largest absolute Gasteiger partial charge is 0.483 e. The quantitative estimate of drug-likeness (QED) is 0.555. The molecule has 1 aliphatic rings. The topological polar surface area (TPSA) is 58.6 Å². The van der Waals surface area contributed by atoms with Crippen molar-refractivity contribution in [1.82, 2.24) is 10.2 Å². The van der Waals surface area contributed by atoms with Crippen LogP contribution in [0.2, 0.25) is 0 Å². The fourth-order valence-corrected chi connectivity index (χ4v) is 4.62. The first-order valence-corrected chi connectivity index (χ1v) is 12.3. The molecule has 1 N–H and O–H groups in total. The van der Waals surface area contributed by atoms with Crippen LogP contribution in [0.5, 0.6) is 5.75 Å². The van der Waals surface area contributed by atoms with Crippen LogP contribution in [0, 0.1) is 13.8 Å². The summed E-state index contributed by atoms with van der Waals surface area (Å²) in [6.07, 6.45) is 6.86. The molecule has 0 bridgehead atoms. The molecule has 5 heteroatoms. The molecule has 3 rings (SSSR count). The van der Waals surface area contributed by atoms with Crippen LogP contribution in [0.25, 0.3) is 0 Å². The number of nitrogens with one attached hydrogen (secondary N) is 1. The van der Waals surface area contributed by atoms with Gasteiger partial charge in [0.2, 0.25) is 5.91 Å². The zero-order valence-electron chi connectivity index (χ0n) is 20.3. The van der Waals surface area contributed by atoms with Gasteiger partial charge in [-0.3, -0.25) is 9.59 Å². The van der Waals surface area contributed by atoms with Crippen molar-refractivity contribution in [2.75, 3.05) is 13.2 Å². The number of aryl methyl sites for hydroxylation is 2. The third kappa shape index (κ3) is 7.34. The van der Waals surface area contributed by atoms with Crippen LogP contribution in [0.4, 0.5) is 0 Å². The first-order chi connectivity index (χ1) is 16.0. The molecular formula is C28H38N2O3. The second-order valence-electron chi connectivity index (χ2n) is 9.15. The van der Waals surface area contributed by atoms with E-state index in [4.69, 9.17) is 4.74 Å². The van der Waals surface area contributed by atoms with E-state index in [1.807, 2.05) is 57.2 Å². The van der Waals surface area contributed by atoms with Gasteiger partial charge in [0, 0.05) is 12.6 Å². The number of benzene rings is 2. The van der Waals surface area contributed by atoms with E-state index in [0.717, 1.165) is 42.4 Å². The second kappa shape index (κ2) is 12.4. The molecule has 1 fully saturated rings. The summed E-state index contributed by atoms with van der Waals surface area (Å²) in [7, 11) is 0. The van der Waals surface area contributed by atoms with E-state index in [9.17, 15) is 9.59 Å². The lowest BCUT2D eigenvalue weighted by Crippen LogP contribution is -2.53. The van der Waals surface area contributed by atoms with Crippen LogP contribution in [0.15, 0.2) is 48.5 Å². The summed E-state index contributed by atoms with van der Waals surface area (Å²) in [5.74, 6) is 0.505. The normalized spacial score (nSPS) is 15.0. The van der Waals surface area contributed by atoms with E-state index in [2.05, 4.69) is 17.4 Å². The van der Waals surface area contributed by atoms with Gasteiger partial charge < -0.3 is 15.0 Å². The van der Waals surface area contributed by atoms with Crippen molar-refractivity contribution >= 4 is 11.8 Å². The molecule has 0 saturated heterocycles. The Bertz CT molecular complexity index is 907. The van der Waals surface area contributed by atoms with Crippen LogP contribution in [0.3, 0.4) is 0 Å². The number of amides is 2. The molecule has 0 spiro atoms. The number of carbonyl (C=O) groups is 2. The van der Waals surface area contributed by atoms with Crippen LogP contribution in [-0.4, -0.2) is 41.9 Å². The molecule has 0 aromatic heterocycles. The van der Waals surface area contributed by atoms with Gasteiger partial charge in [0.15, 0.2) is 6.61 Å². The minimum Gasteiger partial charge on any atom is -0.483 e. The molecule has 5 nitrogen and oxygen atoms in total. The Morgan fingerprint density at radius 1 is 1.06 bits per heavy atom. The predicted molar refractivity (Wildman–Crippen MR) is 132 cm³/mol. The second-order valence-corrected chi connectivity index (χ2v) is 9.15. The minimum atomic E-state index is -0.495. The van der Waals surface area contributed by atoms with Gasteiger partial charge in [-0.25, -0.2) is 0 Å². The highest BCUT2D eigenvalue weighted by atomic mass is 16.5. The molecule has 2 amide bonds. The summed E-state index contributed by atoms with van der Waals surface area (Å²) in [4.78, 5) is 28.3. The van der Waals surface area contributed by atoms with Gasteiger partial charge in [0.05, 0.1) is 0 Å². The van der Waals surface area contributed by atoms with Crippen LogP contribution >= 0.6 is 0 Å². The molecule has 1 saturated carbocycles. The molecule has 178 valence electrons. The van der Waals surface area contributed by atoms with E-state index >= 15 is 0 Å². The molecule has 0 aliphatic heterocycles. The van der Waals surface area contributed by atoms with Crippen molar-refractivity contribution in [2.24, 2.45) is 0 Å². The SMILES string of the molecule is CC[C@H](C(=O)NC1CCCCC1)N(CCc1ccccc1)C(=O)COc1ccc(C)cc1C. The molecule has 0 unspecified atom stereocenters. The first-order valence-electron chi connectivity index (χ1n) is 12.3. The summed E-state index contributed by atoms with van der Waals surface area (Å²) in [5, 5.41) is 3.22. The summed E-state index contributed by atoms with van der Waals surface area (Å²) < 4.78 is 5.89. The van der Waals surface area contributed by atoms with Crippen LogP contribution in [-0.2, 0) is 16.0 Å². The summed E-state index contributed by atoms with van der Waals surface area (Å²) in [6.45, 7) is 6.39. The molecule has 0 radical (unpaired) electrons. The molecular weight excluding hydrogens is 412 g/mol. The lowest BCUT2D eigenvalue weighted by molar-refractivity contribution is -0.142. The molecule has 1 atom stereocenters. The maximum atomic E-state index is 13.3. The van der Waals surface area contributed by atoms with E-state index in [1.165, 1.54) is 6.42 Å². The van der Waals surface area contributed by atoms with Crippen molar-refractivity contribution in [3.05, 3.63) is 65.2 Å². The Kier molecular flexibility index (Phi) is 9.35. The number of carbonyl (C=O) groups excluding carboxylic acids is 2. The number of hydrogen-bond acceptors (Lipinski definition) is 3. The maximum Gasteiger partial charge on any atom is 0.261 e. The highest BCUT2D eigenvalue weighted by Crippen LogP contribution is 2.20. The zero-order chi connectivity index (χ0) is 23.6. The van der Waals surface area contributed by atoms with E-state index in [1.54, 1.807) is 4.90 Å². The molecule has 1 aliphatic carbocycles. The third-order valence-electron chi connectivity index (χ3n) is 6.50. The van der Waals surface area contributed by atoms with Gasteiger partial charge in [0.1, 0.15) is 11.8 Å². The van der Waals surface area contributed by atoms with Gasteiger partial charge in [0.25, 0.3) is 5.91 Å². The van der Waals surface area contributed by atoms with E-state index in [0.29, 0.717) is 25.1 Å². The Balaban J connectivity index is 1.71. The Labute approximate surface area is 198 Å².